The highest BCUT2D eigenvalue weighted by atomic mass is 35.5. The van der Waals surface area contributed by atoms with Gasteiger partial charge < -0.3 is 15.1 Å². The molecule has 1 atom stereocenters. The standard InChI is InChI=1S/C22H23ClF3N3O2/c1-14(2)27-21(30)29(12-15-7-9-16(10-8-15)22(24,25)26)13-17-11-20(28-31-17)18-5-3-4-6-19(18)23/h3-10,14,17H,11-13H2,1-2H3,(H,27,30). The van der Waals surface area contributed by atoms with E-state index in [9.17, 15) is 18.0 Å². The van der Waals surface area contributed by atoms with Gasteiger partial charge in [0.1, 0.15) is 0 Å². The van der Waals surface area contributed by atoms with Gasteiger partial charge in [-0.05, 0) is 37.6 Å². The Morgan fingerprint density at radius 1 is 1.23 bits per heavy atom. The van der Waals surface area contributed by atoms with E-state index in [4.69, 9.17) is 16.4 Å². The first-order chi connectivity index (χ1) is 14.6. The molecule has 3 rings (SSSR count). The highest BCUT2D eigenvalue weighted by Gasteiger charge is 2.31. The summed E-state index contributed by atoms with van der Waals surface area (Å²) in [6.45, 7) is 4.02. The third kappa shape index (κ3) is 6.13. The molecule has 1 heterocycles. The molecule has 5 nitrogen and oxygen atoms in total. The number of halogens is 4. The van der Waals surface area contributed by atoms with E-state index in [-0.39, 0.29) is 25.2 Å². The number of urea groups is 1. The molecule has 0 fully saturated rings. The minimum Gasteiger partial charge on any atom is -0.390 e. The maximum Gasteiger partial charge on any atom is 0.416 e. The molecule has 2 aromatic carbocycles. The summed E-state index contributed by atoms with van der Waals surface area (Å²) in [6, 6.07) is 11.6. The summed E-state index contributed by atoms with van der Waals surface area (Å²) in [5.74, 6) is 0. The van der Waals surface area contributed by atoms with Crippen molar-refractivity contribution >= 4 is 23.3 Å². The highest BCUT2D eigenvalue weighted by molar-refractivity contribution is 6.34. The summed E-state index contributed by atoms with van der Waals surface area (Å²) >= 11 is 6.23. The van der Waals surface area contributed by atoms with Crippen LogP contribution >= 0.6 is 11.6 Å². The van der Waals surface area contributed by atoms with E-state index in [1.807, 2.05) is 32.0 Å². The second-order valence-electron chi connectivity index (χ2n) is 7.63. The largest absolute Gasteiger partial charge is 0.416 e. The molecule has 0 radical (unpaired) electrons. The van der Waals surface area contributed by atoms with Crippen molar-refractivity contribution in [3.8, 4) is 0 Å². The molecular weight excluding hydrogens is 431 g/mol. The van der Waals surface area contributed by atoms with Crippen LogP contribution in [0.5, 0.6) is 0 Å². The molecule has 0 spiro atoms. The van der Waals surface area contributed by atoms with Crippen LogP contribution in [0, 0.1) is 0 Å². The first-order valence-corrected chi connectivity index (χ1v) is 10.2. The van der Waals surface area contributed by atoms with Gasteiger partial charge in [0.25, 0.3) is 0 Å². The molecule has 0 saturated heterocycles. The zero-order chi connectivity index (χ0) is 22.6. The summed E-state index contributed by atoms with van der Waals surface area (Å²) in [4.78, 5) is 19.7. The molecule has 166 valence electrons. The predicted molar refractivity (Wildman–Crippen MR) is 113 cm³/mol. The van der Waals surface area contributed by atoms with E-state index in [0.29, 0.717) is 22.7 Å². The van der Waals surface area contributed by atoms with Gasteiger partial charge in [0.15, 0.2) is 6.10 Å². The smallest absolute Gasteiger partial charge is 0.390 e. The van der Waals surface area contributed by atoms with Gasteiger partial charge >= 0.3 is 12.2 Å². The molecule has 0 aromatic heterocycles. The van der Waals surface area contributed by atoms with Gasteiger partial charge in [0.05, 0.1) is 17.8 Å². The number of benzene rings is 2. The normalized spacial score (nSPS) is 16.1. The molecule has 2 aromatic rings. The number of nitrogens with one attached hydrogen (secondary N) is 1. The number of carbonyl (C=O) groups is 1. The number of carbonyl (C=O) groups excluding carboxylic acids is 1. The van der Waals surface area contributed by atoms with Crippen molar-refractivity contribution in [2.75, 3.05) is 6.54 Å². The van der Waals surface area contributed by atoms with Crippen molar-refractivity contribution in [2.45, 2.75) is 45.1 Å². The highest BCUT2D eigenvalue weighted by Crippen LogP contribution is 2.29. The van der Waals surface area contributed by atoms with Gasteiger partial charge in [-0.2, -0.15) is 13.2 Å². The second-order valence-corrected chi connectivity index (χ2v) is 8.04. The summed E-state index contributed by atoms with van der Waals surface area (Å²) in [6.07, 6.45) is -4.34. The number of nitrogens with zero attached hydrogens (tertiary/aromatic N) is 2. The minimum atomic E-state index is -4.41. The van der Waals surface area contributed by atoms with Crippen molar-refractivity contribution in [3.05, 3.63) is 70.2 Å². The SMILES string of the molecule is CC(C)NC(=O)N(Cc1ccc(C(F)(F)F)cc1)CC1CC(c2ccccc2Cl)=NO1. The summed E-state index contributed by atoms with van der Waals surface area (Å²) in [5, 5.41) is 7.49. The third-order valence-electron chi connectivity index (χ3n) is 4.70. The average molecular weight is 454 g/mol. The lowest BCUT2D eigenvalue weighted by molar-refractivity contribution is -0.137. The topological polar surface area (TPSA) is 53.9 Å². The number of rotatable bonds is 6. The molecular formula is C22H23ClF3N3O2. The number of hydrogen-bond acceptors (Lipinski definition) is 3. The zero-order valence-electron chi connectivity index (χ0n) is 17.1. The quantitative estimate of drug-likeness (QED) is 0.630. The van der Waals surface area contributed by atoms with Crippen LogP contribution in [-0.4, -0.2) is 35.3 Å². The minimum absolute atomic E-state index is 0.0953. The van der Waals surface area contributed by atoms with Gasteiger partial charge in [-0.3, -0.25) is 0 Å². The molecule has 0 saturated carbocycles. The molecule has 1 aliphatic rings. The van der Waals surface area contributed by atoms with Crippen LogP contribution in [0.1, 0.15) is 37.0 Å². The zero-order valence-corrected chi connectivity index (χ0v) is 17.9. The number of oxime groups is 1. The lowest BCUT2D eigenvalue weighted by Crippen LogP contribution is -2.45. The van der Waals surface area contributed by atoms with Gasteiger partial charge in [0.2, 0.25) is 0 Å². The van der Waals surface area contributed by atoms with Crippen molar-refractivity contribution in [1.29, 1.82) is 0 Å². The van der Waals surface area contributed by atoms with E-state index < -0.39 is 17.8 Å². The summed E-state index contributed by atoms with van der Waals surface area (Å²) in [5.41, 5.74) is 1.31. The summed E-state index contributed by atoms with van der Waals surface area (Å²) in [7, 11) is 0. The Morgan fingerprint density at radius 2 is 1.90 bits per heavy atom. The first-order valence-electron chi connectivity index (χ1n) is 9.82. The molecule has 0 aliphatic carbocycles. The number of alkyl halides is 3. The molecule has 31 heavy (non-hydrogen) atoms. The van der Waals surface area contributed by atoms with Crippen molar-refractivity contribution < 1.29 is 22.8 Å². The van der Waals surface area contributed by atoms with Crippen LogP contribution in [0.15, 0.2) is 53.7 Å². The van der Waals surface area contributed by atoms with E-state index in [2.05, 4.69) is 10.5 Å². The van der Waals surface area contributed by atoms with Crippen LogP contribution in [0.2, 0.25) is 5.02 Å². The molecule has 1 unspecified atom stereocenters. The van der Waals surface area contributed by atoms with Gasteiger partial charge in [-0.1, -0.05) is 47.1 Å². The molecule has 1 aliphatic heterocycles. The van der Waals surface area contributed by atoms with E-state index in [1.165, 1.54) is 17.0 Å². The second kappa shape index (κ2) is 9.60. The van der Waals surface area contributed by atoms with E-state index >= 15 is 0 Å². The maximum atomic E-state index is 12.8. The Morgan fingerprint density at radius 3 is 2.52 bits per heavy atom. The van der Waals surface area contributed by atoms with E-state index in [0.717, 1.165) is 17.7 Å². The molecule has 1 N–H and O–H groups in total. The summed E-state index contributed by atoms with van der Waals surface area (Å²) < 4.78 is 38.4. The van der Waals surface area contributed by atoms with Crippen LogP contribution in [0.4, 0.5) is 18.0 Å². The molecule has 0 bridgehead atoms. The Kier molecular flexibility index (Phi) is 7.10. The van der Waals surface area contributed by atoms with Gasteiger partial charge in [0, 0.05) is 29.6 Å². The molecule has 2 amide bonds. The molecule has 9 heteroatoms. The number of hydrogen-bond donors (Lipinski definition) is 1. The van der Waals surface area contributed by atoms with Gasteiger partial charge in [-0.15, -0.1) is 0 Å². The predicted octanol–water partition coefficient (Wildman–Crippen LogP) is 5.47. The number of amides is 2. The lowest BCUT2D eigenvalue weighted by Gasteiger charge is -2.26. The van der Waals surface area contributed by atoms with Crippen LogP contribution < -0.4 is 5.32 Å². The van der Waals surface area contributed by atoms with Crippen molar-refractivity contribution in [1.82, 2.24) is 10.2 Å². The Balaban J connectivity index is 1.70. The van der Waals surface area contributed by atoms with E-state index in [1.54, 1.807) is 6.07 Å². The fourth-order valence-corrected chi connectivity index (χ4v) is 3.45. The van der Waals surface area contributed by atoms with Gasteiger partial charge in [-0.25, -0.2) is 4.79 Å². The van der Waals surface area contributed by atoms with Crippen LogP contribution in [-0.2, 0) is 17.6 Å². The third-order valence-corrected chi connectivity index (χ3v) is 5.03. The fraction of sp³-hybridized carbons (Fsp3) is 0.364. The van der Waals surface area contributed by atoms with Crippen molar-refractivity contribution in [3.63, 3.8) is 0 Å². The Hall–Kier alpha value is -2.74. The lowest BCUT2D eigenvalue weighted by atomic mass is 10.0. The Labute approximate surface area is 183 Å². The fourth-order valence-electron chi connectivity index (χ4n) is 3.20. The average Bonchev–Trinajstić information content (AvgIpc) is 3.15. The Bertz CT molecular complexity index is 946. The van der Waals surface area contributed by atoms with Crippen molar-refractivity contribution in [2.24, 2.45) is 5.16 Å². The van der Waals surface area contributed by atoms with Crippen LogP contribution in [0.25, 0.3) is 0 Å². The first kappa shape index (κ1) is 22.9. The van der Waals surface area contributed by atoms with Crippen LogP contribution in [0.3, 0.4) is 0 Å². The monoisotopic (exact) mass is 453 g/mol. The maximum absolute atomic E-state index is 12.8.